The van der Waals surface area contributed by atoms with Crippen molar-refractivity contribution >= 4 is 45.8 Å². The maximum absolute atomic E-state index is 4.57. The number of aryl methyl sites for hydroxylation is 1. The summed E-state index contributed by atoms with van der Waals surface area (Å²) in [5.41, 5.74) is 1.33. The fourth-order valence-electron chi connectivity index (χ4n) is 1.46. The Hall–Kier alpha value is -0.120. The van der Waals surface area contributed by atoms with Crippen LogP contribution >= 0.6 is 35.7 Å². The van der Waals surface area contributed by atoms with E-state index in [9.17, 15) is 0 Å². The minimum absolute atomic E-state index is 1.13. The second kappa shape index (κ2) is 3.56. The van der Waals surface area contributed by atoms with Crippen LogP contribution in [0.25, 0.3) is 10.1 Å². The SMILES string of the molecule is CSc1c(C)cc2sccc2c1S. The molecule has 1 heterocycles. The predicted octanol–water partition coefficient (Wildman–Crippen LogP) is 4.22. The van der Waals surface area contributed by atoms with Gasteiger partial charge in [-0.3, -0.25) is 0 Å². The van der Waals surface area contributed by atoms with Crippen molar-refractivity contribution in [3.05, 3.63) is 23.1 Å². The lowest BCUT2D eigenvalue weighted by Gasteiger charge is -2.06. The smallest absolute Gasteiger partial charge is 0.0357 e. The van der Waals surface area contributed by atoms with Gasteiger partial charge in [-0.1, -0.05) is 0 Å². The van der Waals surface area contributed by atoms with E-state index >= 15 is 0 Å². The van der Waals surface area contributed by atoms with E-state index in [1.165, 1.54) is 20.5 Å². The van der Waals surface area contributed by atoms with Crippen molar-refractivity contribution in [2.75, 3.05) is 6.26 Å². The van der Waals surface area contributed by atoms with Crippen molar-refractivity contribution in [1.29, 1.82) is 0 Å². The Labute approximate surface area is 91.8 Å². The zero-order valence-corrected chi connectivity index (χ0v) is 10.0. The lowest BCUT2D eigenvalue weighted by molar-refractivity contribution is 1.22. The van der Waals surface area contributed by atoms with Crippen LogP contribution in [0.15, 0.2) is 27.3 Å². The molecule has 1 aromatic heterocycles. The molecule has 0 unspecified atom stereocenters. The summed E-state index contributed by atoms with van der Waals surface area (Å²) in [6.07, 6.45) is 2.10. The Kier molecular flexibility index (Phi) is 2.58. The van der Waals surface area contributed by atoms with Crippen molar-refractivity contribution in [3.63, 3.8) is 0 Å². The molecule has 0 spiro atoms. The lowest BCUT2D eigenvalue weighted by Crippen LogP contribution is -1.81. The Bertz CT molecular complexity index is 443. The predicted molar refractivity (Wildman–Crippen MR) is 65.6 cm³/mol. The maximum Gasteiger partial charge on any atom is 0.0357 e. The molecule has 0 saturated heterocycles. The third kappa shape index (κ3) is 1.49. The van der Waals surface area contributed by atoms with E-state index in [1.807, 2.05) is 0 Å². The molecule has 0 aliphatic carbocycles. The first-order valence-electron chi connectivity index (χ1n) is 3.98. The lowest BCUT2D eigenvalue weighted by atomic mass is 10.2. The van der Waals surface area contributed by atoms with Gasteiger partial charge in [-0.2, -0.15) is 0 Å². The molecule has 68 valence electrons. The molecule has 0 fully saturated rings. The standard InChI is InChI=1S/C10H10S3/c1-6-5-8-7(3-4-13-8)9(11)10(6)12-2/h3-5,11H,1-2H3. The highest BCUT2D eigenvalue weighted by Gasteiger charge is 2.07. The molecule has 0 aliphatic rings. The van der Waals surface area contributed by atoms with Crippen LogP contribution in [0.5, 0.6) is 0 Å². The van der Waals surface area contributed by atoms with Crippen LogP contribution in [-0.4, -0.2) is 6.26 Å². The number of hydrogen-bond acceptors (Lipinski definition) is 3. The van der Waals surface area contributed by atoms with E-state index in [2.05, 4.69) is 43.3 Å². The van der Waals surface area contributed by atoms with Gasteiger partial charge in [0, 0.05) is 19.9 Å². The first kappa shape index (κ1) is 9.44. The fraction of sp³-hybridized carbons (Fsp3) is 0.200. The molecule has 3 heteroatoms. The van der Waals surface area contributed by atoms with Crippen LogP contribution < -0.4 is 0 Å². The largest absolute Gasteiger partial charge is 0.144 e. The van der Waals surface area contributed by atoms with E-state index in [4.69, 9.17) is 0 Å². The first-order valence-corrected chi connectivity index (χ1v) is 6.53. The summed E-state index contributed by atoms with van der Waals surface area (Å²) < 4.78 is 1.33. The average Bonchev–Trinajstić information content (AvgIpc) is 2.53. The molecule has 0 radical (unpaired) electrons. The number of rotatable bonds is 1. The Morgan fingerprint density at radius 3 is 2.92 bits per heavy atom. The minimum atomic E-state index is 1.13. The van der Waals surface area contributed by atoms with Crippen molar-refractivity contribution in [2.24, 2.45) is 0 Å². The highest BCUT2D eigenvalue weighted by molar-refractivity contribution is 7.99. The molecule has 2 rings (SSSR count). The summed E-state index contributed by atoms with van der Waals surface area (Å²) in [7, 11) is 0. The number of hydrogen-bond donors (Lipinski definition) is 1. The molecule has 0 aliphatic heterocycles. The molecule has 1 aromatic carbocycles. The molecular formula is C10H10S3. The average molecular weight is 226 g/mol. The van der Waals surface area contributed by atoms with Crippen LogP contribution in [0.4, 0.5) is 0 Å². The molecular weight excluding hydrogens is 216 g/mol. The maximum atomic E-state index is 4.57. The highest BCUT2D eigenvalue weighted by atomic mass is 32.2. The van der Waals surface area contributed by atoms with E-state index in [0.29, 0.717) is 0 Å². The molecule has 0 nitrogen and oxygen atoms in total. The second-order valence-electron chi connectivity index (χ2n) is 2.91. The summed E-state index contributed by atoms with van der Waals surface area (Å²) in [4.78, 5) is 2.43. The summed E-state index contributed by atoms with van der Waals surface area (Å²) in [5.74, 6) is 0. The van der Waals surface area contributed by atoms with Crippen molar-refractivity contribution in [1.82, 2.24) is 0 Å². The zero-order chi connectivity index (χ0) is 9.42. The van der Waals surface area contributed by atoms with E-state index in [-0.39, 0.29) is 0 Å². The van der Waals surface area contributed by atoms with Crippen molar-refractivity contribution in [2.45, 2.75) is 16.7 Å². The van der Waals surface area contributed by atoms with E-state index < -0.39 is 0 Å². The quantitative estimate of drug-likeness (QED) is 0.561. The van der Waals surface area contributed by atoms with Gasteiger partial charge in [0.25, 0.3) is 0 Å². The summed E-state index contributed by atoms with van der Waals surface area (Å²) in [6.45, 7) is 2.14. The Balaban J connectivity index is 2.85. The van der Waals surface area contributed by atoms with Crippen molar-refractivity contribution in [3.8, 4) is 0 Å². The van der Waals surface area contributed by atoms with Gasteiger partial charge in [0.15, 0.2) is 0 Å². The Morgan fingerprint density at radius 2 is 2.23 bits per heavy atom. The second-order valence-corrected chi connectivity index (χ2v) is 5.12. The molecule has 0 saturated carbocycles. The normalized spacial score (nSPS) is 11.0. The molecule has 0 bridgehead atoms. The van der Waals surface area contributed by atoms with E-state index in [0.717, 1.165) is 4.90 Å². The first-order chi connectivity index (χ1) is 6.24. The van der Waals surface area contributed by atoms with Gasteiger partial charge < -0.3 is 0 Å². The van der Waals surface area contributed by atoms with E-state index in [1.54, 1.807) is 23.1 Å². The van der Waals surface area contributed by atoms with Gasteiger partial charge in [0.2, 0.25) is 0 Å². The minimum Gasteiger partial charge on any atom is -0.144 e. The van der Waals surface area contributed by atoms with Gasteiger partial charge in [0.05, 0.1) is 0 Å². The molecule has 0 amide bonds. The zero-order valence-electron chi connectivity index (χ0n) is 7.50. The fourth-order valence-corrected chi connectivity index (χ4v) is 3.75. The number of thiol groups is 1. The number of thioether (sulfide) groups is 1. The Morgan fingerprint density at radius 1 is 1.46 bits per heavy atom. The van der Waals surface area contributed by atoms with Crippen LogP contribution in [0.1, 0.15) is 5.56 Å². The number of thiophene rings is 1. The number of fused-ring (bicyclic) bond motifs is 1. The summed E-state index contributed by atoms with van der Waals surface area (Å²) >= 11 is 8.11. The van der Waals surface area contributed by atoms with Crippen LogP contribution in [0, 0.1) is 6.92 Å². The number of benzene rings is 1. The highest BCUT2D eigenvalue weighted by Crippen LogP contribution is 2.36. The topological polar surface area (TPSA) is 0 Å². The molecule has 13 heavy (non-hydrogen) atoms. The van der Waals surface area contributed by atoms with Crippen LogP contribution in [0.3, 0.4) is 0 Å². The van der Waals surface area contributed by atoms with Gasteiger partial charge in [-0.25, -0.2) is 0 Å². The third-order valence-corrected chi connectivity index (χ3v) is 4.49. The molecule has 0 N–H and O–H groups in total. The van der Waals surface area contributed by atoms with Gasteiger partial charge in [0.1, 0.15) is 0 Å². The van der Waals surface area contributed by atoms with Gasteiger partial charge in [-0.05, 0) is 36.3 Å². The third-order valence-electron chi connectivity index (χ3n) is 2.08. The van der Waals surface area contributed by atoms with Crippen LogP contribution in [-0.2, 0) is 0 Å². The van der Waals surface area contributed by atoms with Crippen LogP contribution in [0.2, 0.25) is 0 Å². The van der Waals surface area contributed by atoms with Crippen molar-refractivity contribution < 1.29 is 0 Å². The van der Waals surface area contributed by atoms with Gasteiger partial charge >= 0.3 is 0 Å². The summed E-state index contributed by atoms with van der Waals surface area (Å²) in [5, 5.41) is 3.40. The van der Waals surface area contributed by atoms with Gasteiger partial charge in [-0.15, -0.1) is 35.7 Å². The molecule has 0 atom stereocenters. The monoisotopic (exact) mass is 226 g/mol. The molecule has 2 aromatic rings. The summed E-state index contributed by atoms with van der Waals surface area (Å²) in [6, 6.07) is 4.38.